The fourth-order valence-electron chi connectivity index (χ4n) is 4.34. The number of hydrogen-bond acceptors (Lipinski definition) is 11. The molecular formula is C27H31F3N2O10. The lowest BCUT2D eigenvalue weighted by molar-refractivity contribution is -0.289. The highest BCUT2D eigenvalue weighted by molar-refractivity contribution is 5.68. The molecule has 1 aliphatic rings. The van der Waals surface area contributed by atoms with Gasteiger partial charge < -0.3 is 28.4 Å². The molecule has 1 aliphatic heterocycles. The molecule has 12 nitrogen and oxygen atoms in total. The third-order valence-corrected chi connectivity index (χ3v) is 6.10. The average Bonchev–Trinajstić information content (AvgIpc) is 3.28. The highest BCUT2D eigenvalue weighted by Crippen LogP contribution is 2.37. The summed E-state index contributed by atoms with van der Waals surface area (Å²) in [6.07, 6.45) is -12.1. The Morgan fingerprint density at radius 1 is 0.857 bits per heavy atom. The molecule has 42 heavy (non-hydrogen) atoms. The second-order valence-electron chi connectivity index (χ2n) is 9.41. The van der Waals surface area contributed by atoms with Crippen LogP contribution in [0.1, 0.15) is 57.0 Å². The number of aromatic nitrogens is 2. The van der Waals surface area contributed by atoms with Crippen molar-refractivity contribution in [2.45, 2.75) is 84.3 Å². The molecule has 0 amide bonds. The highest BCUT2D eigenvalue weighted by atomic mass is 19.4. The molecule has 2 heterocycles. The number of aromatic amines is 1. The number of halogens is 3. The summed E-state index contributed by atoms with van der Waals surface area (Å²) >= 11 is 0. The Labute approximate surface area is 238 Å². The zero-order valence-electron chi connectivity index (χ0n) is 23.5. The number of ether oxygens (including phenoxy) is 6. The molecule has 0 spiro atoms. The number of benzene rings is 1. The summed E-state index contributed by atoms with van der Waals surface area (Å²) in [4.78, 5) is 47.5. The van der Waals surface area contributed by atoms with Crippen molar-refractivity contribution in [2.24, 2.45) is 0 Å². The second-order valence-corrected chi connectivity index (χ2v) is 9.41. The molecule has 0 radical (unpaired) electrons. The molecule has 1 N–H and O–H groups in total. The lowest BCUT2D eigenvalue weighted by Crippen LogP contribution is -2.63. The number of nitrogens with zero attached hydrogens (tertiary/aromatic N) is 1. The molecule has 1 aromatic heterocycles. The van der Waals surface area contributed by atoms with Crippen molar-refractivity contribution in [3.63, 3.8) is 0 Å². The number of alkyl halides is 3. The highest BCUT2D eigenvalue weighted by Gasteiger charge is 2.54. The van der Waals surface area contributed by atoms with E-state index in [1.165, 1.54) is 0 Å². The van der Waals surface area contributed by atoms with Crippen LogP contribution in [0, 0.1) is 0 Å². The molecule has 2 aromatic rings. The minimum atomic E-state index is -4.84. The van der Waals surface area contributed by atoms with Gasteiger partial charge in [0, 0.05) is 34.1 Å². The molecule has 15 heteroatoms. The second kappa shape index (κ2) is 13.7. The Morgan fingerprint density at radius 3 is 1.93 bits per heavy atom. The lowest BCUT2D eigenvalue weighted by atomic mass is 9.98. The van der Waals surface area contributed by atoms with E-state index >= 15 is 0 Å². The first kappa shape index (κ1) is 32.4. The van der Waals surface area contributed by atoms with Gasteiger partial charge in [0.05, 0.1) is 5.56 Å². The van der Waals surface area contributed by atoms with E-state index in [9.17, 15) is 32.3 Å². The van der Waals surface area contributed by atoms with Crippen LogP contribution >= 0.6 is 0 Å². The van der Waals surface area contributed by atoms with Crippen LogP contribution in [0.5, 0.6) is 5.88 Å². The van der Waals surface area contributed by atoms with Crippen LogP contribution in [-0.2, 0) is 61.9 Å². The molecule has 0 bridgehead atoms. The van der Waals surface area contributed by atoms with Gasteiger partial charge in [0.15, 0.2) is 12.2 Å². The van der Waals surface area contributed by atoms with Crippen LogP contribution < -0.4 is 4.74 Å². The predicted octanol–water partition coefficient (Wildman–Crippen LogP) is 3.04. The van der Waals surface area contributed by atoms with Gasteiger partial charge in [0.2, 0.25) is 18.3 Å². The fourth-order valence-corrected chi connectivity index (χ4v) is 4.34. The van der Waals surface area contributed by atoms with E-state index in [2.05, 4.69) is 5.10 Å². The summed E-state index contributed by atoms with van der Waals surface area (Å²) in [5.41, 5.74) is -0.0521. The van der Waals surface area contributed by atoms with Gasteiger partial charge in [-0.3, -0.25) is 24.3 Å². The van der Waals surface area contributed by atoms with Gasteiger partial charge in [-0.25, -0.2) is 0 Å². The van der Waals surface area contributed by atoms with Crippen LogP contribution in [0.3, 0.4) is 0 Å². The molecule has 1 fully saturated rings. The Kier molecular flexibility index (Phi) is 10.5. The van der Waals surface area contributed by atoms with Gasteiger partial charge in [-0.1, -0.05) is 31.2 Å². The van der Waals surface area contributed by atoms with Crippen molar-refractivity contribution in [3.8, 4) is 5.88 Å². The summed E-state index contributed by atoms with van der Waals surface area (Å²) in [6, 6.07) is 6.90. The maximum Gasteiger partial charge on any atom is 0.433 e. The van der Waals surface area contributed by atoms with E-state index in [0.717, 1.165) is 39.7 Å². The Bertz CT molecular complexity index is 1280. The van der Waals surface area contributed by atoms with Gasteiger partial charge >= 0.3 is 30.1 Å². The molecule has 5 atom stereocenters. The van der Waals surface area contributed by atoms with Gasteiger partial charge in [-0.05, 0) is 17.5 Å². The Hall–Kier alpha value is -4.14. The zero-order chi connectivity index (χ0) is 31.2. The monoisotopic (exact) mass is 600 g/mol. The largest absolute Gasteiger partial charge is 0.463 e. The van der Waals surface area contributed by atoms with Crippen LogP contribution in [-0.4, -0.2) is 71.4 Å². The first-order chi connectivity index (χ1) is 19.7. The SMILES string of the molecule is CCc1ccc(Cc2c(O[C@@H]3O[C@H](COC(C)=O)[C@@H](OC(C)=O)[C@H](OC(C)=O)[C@H]3OC(C)=O)n[nH]c2C(F)(F)F)cc1. The van der Waals surface area contributed by atoms with Gasteiger partial charge in [-0.15, -0.1) is 5.10 Å². The van der Waals surface area contributed by atoms with E-state index in [-0.39, 0.29) is 12.0 Å². The molecule has 3 rings (SSSR count). The van der Waals surface area contributed by atoms with Crippen LogP contribution in [0.4, 0.5) is 13.2 Å². The van der Waals surface area contributed by atoms with Crippen molar-refractivity contribution in [1.29, 1.82) is 0 Å². The number of esters is 4. The van der Waals surface area contributed by atoms with E-state index in [1.54, 1.807) is 24.3 Å². The minimum absolute atomic E-state index is 0.254. The molecular weight excluding hydrogens is 569 g/mol. The zero-order valence-corrected chi connectivity index (χ0v) is 23.5. The summed E-state index contributed by atoms with van der Waals surface area (Å²) in [5.74, 6) is -3.89. The molecule has 1 aromatic carbocycles. The number of rotatable bonds is 10. The van der Waals surface area contributed by atoms with Crippen molar-refractivity contribution in [3.05, 3.63) is 46.6 Å². The van der Waals surface area contributed by atoms with Crippen molar-refractivity contribution >= 4 is 23.9 Å². The predicted molar refractivity (Wildman–Crippen MR) is 135 cm³/mol. The third-order valence-electron chi connectivity index (χ3n) is 6.10. The van der Waals surface area contributed by atoms with Crippen molar-refractivity contribution in [2.75, 3.05) is 6.61 Å². The molecule has 0 unspecified atom stereocenters. The molecule has 0 aliphatic carbocycles. The van der Waals surface area contributed by atoms with Gasteiger partial charge in [0.1, 0.15) is 18.4 Å². The number of hydrogen-bond donors (Lipinski definition) is 1. The fraction of sp³-hybridized carbons (Fsp3) is 0.519. The van der Waals surface area contributed by atoms with Crippen LogP contribution in [0.2, 0.25) is 0 Å². The number of H-pyrrole nitrogens is 1. The standard InChI is InChI=1S/C27H31F3N2O10/c1-6-17-7-9-18(10-8-17)11-19-24(27(28,29)30)31-32-25(19)42-26-23(40-16(5)36)22(39-15(4)35)21(38-14(3)34)20(41-26)12-37-13(2)33/h7-10,20-23,26H,6,11-12H2,1-5H3,(H,31,32)/t20-,21-,22+,23-,26+/m1/s1. The maximum atomic E-state index is 13.9. The van der Waals surface area contributed by atoms with E-state index in [4.69, 9.17) is 28.4 Å². The Morgan fingerprint density at radius 2 is 1.40 bits per heavy atom. The van der Waals surface area contributed by atoms with Crippen molar-refractivity contribution < 1.29 is 60.8 Å². The molecule has 1 saturated heterocycles. The minimum Gasteiger partial charge on any atom is -0.463 e. The smallest absolute Gasteiger partial charge is 0.433 e. The third kappa shape index (κ3) is 8.44. The first-order valence-electron chi connectivity index (χ1n) is 12.9. The number of nitrogens with one attached hydrogen (secondary N) is 1. The van der Waals surface area contributed by atoms with Gasteiger partial charge in [-0.2, -0.15) is 13.2 Å². The average molecular weight is 601 g/mol. The summed E-state index contributed by atoms with van der Waals surface area (Å²) in [6.45, 7) is 5.61. The number of aryl methyl sites for hydroxylation is 1. The molecule has 230 valence electrons. The Balaban J connectivity index is 2.07. The van der Waals surface area contributed by atoms with E-state index in [0.29, 0.717) is 5.56 Å². The van der Waals surface area contributed by atoms with Crippen LogP contribution in [0.25, 0.3) is 0 Å². The van der Waals surface area contributed by atoms with E-state index < -0.39 is 78.9 Å². The summed E-state index contributed by atoms with van der Waals surface area (Å²) < 4.78 is 74.4. The summed E-state index contributed by atoms with van der Waals surface area (Å²) in [7, 11) is 0. The first-order valence-corrected chi connectivity index (χ1v) is 12.9. The van der Waals surface area contributed by atoms with Crippen molar-refractivity contribution in [1.82, 2.24) is 10.2 Å². The normalized spacial score (nSPS) is 22.1. The lowest BCUT2D eigenvalue weighted by Gasteiger charge is -2.43. The summed E-state index contributed by atoms with van der Waals surface area (Å²) in [5, 5.41) is 5.65. The molecule has 0 saturated carbocycles. The quantitative estimate of drug-likeness (QED) is 0.316. The number of carbonyl (C=O) groups excluding carboxylic acids is 4. The van der Waals surface area contributed by atoms with Crippen LogP contribution in [0.15, 0.2) is 24.3 Å². The maximum absolute atomic E-state index is 13.9. The topological polar surface area (TPSA) is 152 Å². The number of carbonyl (C=O) groups is 4. The van der Waals surface area contributed by atoms with E-state index in [1.807, 2.05) is 12.0 Å². The van der Waals surface area contributed by atoms with Gasteiger partial charge in [0.25, 0.3) is 0 Å².